The zero-order chi connectivity index (χ0) is 16.4. The van der Waals surface area contributed by atoms with Crippen LogP contribution in [0.4, 0.5) is 15.9 Å². The van der Waals surface area contributed by atoms with Gasteiger partial charge >= 0.3 is 0 Å². The van der Waals surface area contributed by atoms with Crippen molar-refractivity contribution < 1.29 is 19.1 Å². The van der Waals surface area contributed by atoms with E-state index in [1.807, 2.05) is 0 Å². The second kappa shape index (κ2) is 6.05. The lowest BCUT2D eigenvalue weighted by molar-refractivity contribution is 0.294. The van der Waals surface area contributed by atoms with Crippen LogP contribution in [0, 0.1) is 5.82 Å². The number of fused-ring (bicyclic) bond motifs is 1. The van der Waals surface area contributed by atoms with Crippen molar-refractivity contribution in [3.8, 4) is 11.5 Å². The molecule has 0 radical (unpaired) electrons. The molecule has 118 valence electrons. The molecule has 0 saturated heterocycles. The molecule has 1 heterocycles. The number of benzene rings is 2. The van der Waals surface area contributed by atoms with Gasteiger partial charge in [-0.2, -0.15) is 0 Å². The summed E-state index contributed by atoms with van der Waals surface area (Å²) in [6.45, 7) is 0. The first-order valence-corrected chi connectivity index (χ1v) is 6.76. The largest absolute Gasteiger partial charge is 0.493 e. The van der Waals surface area contributed by atoms with Crippen molar-refractivity contribution in [1.29, 1.82) is 0 Å². The molecule has 2 aromatic carbocycles. The molecular formula is C16H14FN3O3. The Kier molecular flexibility index (Phi) is 3.94. The van der Waals surface area contributed by atoms with Crippen LogP contribution in [0.5, 0.6) is 11.5 Å². The number of anilines is 2. The van der Waals surface area contributed by atoms with E-state index in [1.54, 1.807) is 24.3 Å². The molecule has 0 spiro atoms. The number of hydrogen-bond donors (Lipinski definition) is 1. The highest BCUT2D eigenvalue weighted by Gasteiger charge is 2.17. The summed E-state index contributed by atoms with van der Waals surface area (Å²) in [7, 11) is 3.02. The van der Waals surface area contributed by atoms with Crippen LogP contribution in [0.25, 0.3) is 10.9 Å². The maximum Gasteiger partial charge on any atom is 0.169 e. The molecule has 0 saturated carbocycles. The Labute approximate surface area is 131 Å². The molecule has 1 N–H and O–H groups in total. The molecule has 23 heavy (non-hydrogen) atoms. The van der Waals surface area contributed by atoms with Gasteiger partial charge in [0.15, 0.2) is 17.3 Å². The van der Waals surface area contributed by atoms with E-state index in [1.165, 1.54) is 32.7 Å². The van der Waals surface area contributed by atoms with Gasteiger partial charge in [0.1, 0.15) is 17.8 Å². The van der Waals surface area contributed by atoms with E-state index in [0.717, 1.165) is 0 Å². The zero-order valence-corrected chi connectivity index (χ0v) is 12.5. The summed E-state index contributed by atoms with van der Waals surface area (Å²) in [5, 5.41) is 11.6. The molecule has 0 aliphatic heterocycles. The van der Waals surface area contributed by atoms with Crippen LogP contribution in [-0.2, 0) is 0 Å². The van der Waals surface area contributed by atoms with Crippen molar-refractivity contribution in [2.75, 3.05) is 19.3 Å². The van der Waals surface area contributed by atoms with E-state index < -0.39 is 5.82 Å². The second-order valence-electron chi connectivity index (χ2n) is 4.68. The third-order valence-electron chi connectivity index (χ3n) is 3.40. The van der Waals surface area contributed by atoms with Gasteiger partial charge < -0.3 is 9.47 Å². The summed E-state index contributed by atoms with van der Waals surface area (Å²) >= 11 is 0. The Morgan fingerprint density at radius 2 is 1.74 bits per heavy atom. The Hall–Kier alpha value is -2.93. The van der Waals surface area contributed by atoms with E-state index in [-0.39, 0.29) is 11.5 Å². The molecule has 0 aliphatic rings. The highest BCUT2D eigenvalue weighted by Crippen LogP contribution is 2.36. The SMILES string of the molecule is COc1cc2ncnc(N(O)c3ccccc3F)c2cc1OC. The molecule has 0 bridgehead atoms. The maximum atomic E-state index is 13.9. The predicted molar refractivity (Wildman–Crippen MR) is 83.0 cm³/mol. The normalized spacial score (nSPS) is 10.6. The van der Waals surface area contributed by atoms with Crippen LogP contribution in [0.1, 0.15) is 0 Å². The number of nitrogens with zero attached hydrogens (tertiary/aromatic N) is 3. The first-order valence-electron chi connectivity index (χ1n) is 6.76. The Balaban J connectivity index is 2.20. The molecule has 0 fully saturated rings. The van der Waals surface area contributed by atoms with E-state index in [9.17, 15) is 9.60 Å². The van der Waals surface area contributed by atoms with Crippen LogP contribution >= 0.6 is 0 Å². The maximum absolute atomic E-state index is 13.9. The third-order valence-corrected chi connectivity index (χ3v) is 3.40. The fourth-order valence-electron chi connectivity index (χ4n) is 2.28. The van der Waals surface area contributed by atoms with Crippen molar-refractivity contribution in [2.45, 2.75) is 0 Å². The lowest BCUT2D eigenvalue weighted by Crippen LogP contribution is -2.14. The minimum Gasteiger partial charge on any atom is -0.493 e. The minimum atomic E-state index is -0.567. The number of methoxy groups -OCH3 is 2. The van der Waals surface area contributed by atoms with Crippen molar-refractivity contribution in [2.24, 2.45) is 0 Å². The first kappa shape index (κ1) is 15.0. The minimum absolute atomic E-state index is 0.0118. The van der Waals surface area contributed by atoms with Gasteiger partial charge in [0, 0.05) is 11.5 Å². The summed E-state index contributed by atoms with van der Waals surface area (Å²) in [5.74, 6) is 0.529. The van der Waals surface area contributed by atoms with Gasteiger partial charge in [-0.3, -0.25) is 5.21 Å². The van der Waals surface area contributed by atoms with Crippen molar-refractivity contribution in [3.05, 3.63) is 48.5 Å². The highest BCUT2D eigenvalue weighted by molar-refractivity contribution is 5.93. The molecule has 3 aromatic rings. The first-order chi connectivity index (χ1) is 11.2. The molecule has 6 nitrogen and oxygen atoms in total. The van der Waals surface area contributed by atoms with Gasteiger partial charge in [0.25, 0.3) is 0 Å². The smallest absolute Gasteiger partial charge is 0.169 e. The van der Waals surface area contributed by atoms with Crippen LogP contribution in [-0.4, -0.2) is 29.4 Å². The fraction of sp³-hybridized carbons (Fsp3) is 0.125. The number of halogens is 1. The molecule has 0 atom stereocenters. The zero-order valence-electron chi connectivity index (χ0n) is 12.5. The van der Waals surface area contributed by atoms with Crippen molar-refractivity contribution >= 4 is 22.4 Å². The molecule has 7 heteroatoms. The monoisotopic (exact) mass is 315 g/mol. The van der Waals surface area contributed by atoms with Crippen LogP contribution in [0.3, 0.4) is 0 Å². The van der Waals surface area contributed by atoms with Gasteiger partial charge in [0.2, 0.25) is 0 Å². The molecule has 0 unspecified atom stereocenters. The third kappa shape index (κ3) is 2.62. The Morgan fingerprint density at radius 3 is 2.43 bits per heavy atom. The summed E-state index contributed by atoms with van der Waals surface area (Å²) in [6.07, 6.45) is 1.29. The summed E-state index contributed by atoms with van der Waals surface area (Å²) in [4.78, 5) is 8.20. The van der Waals surface area contributed by atoms with Gasteiger partial charge in [-0.1, -0.05) is 12.1 Å². The topological polar surface area (TPSA) is 67.7 Å². The molecule has 0 aliphatic carbocycles. The number of aromatic nitrogens is 2. The van der Waals surface area contributed by atoms with E-state index in [4.69, 9.17) is 9.47 Å². The predicted octanol–water partition coefficient (Wildman–Crippen LogP) is 3.31. The molecule has 0 amide bonds. The van der Waals surface area contributed by atoms with Crippen molar-refractivity contribution in [3.63, 3.8) is 0 Å². The van der Waals surface area contributed by atoms with Crippen LogP contribution < -0.4 is 14.5 Å². The van der Waals surface area contributed by atoms with Crippen molar-refractivity contribution in [1.82, 2.24) is 9.97 Å². The summed E-state index contributed by atoms with van der Waals surface area (Å²) < 4.78 is 24.4. The number of rotatable bonds is 4. The summed E-state index contributed by atoms with van der Waals surface area (Å²) in [6, 6.07) is 9.16. The highest BCUT2D eigenvalue weighted by atomic mass is 19.1. The molecular weight excluding hydrogens is 301 g/mol. The fourth-order valence-corrected chi connectivity index (χ4v) is 2.28. The van der Waals surface area contributed by atoms with E-state index in [2.05, 4.69) is 9.97 Å². The van der Waals surface area contributed by atoms with E-state index >= 15 is 0 Å². The van der Waals surface area contributed by atoms with Gasteiger partial charge in [-0.15, -0.1) is 0 Å². The number of ether oxygens (including phenoxy) is 2. The average molecular weight is 315 g/mol. The standard InChI is InChI=1S/C16H14FN3O3/c1-22-14-7-10-12(8-15(14)23-2)18-9-19-16(10)20(21)13-6-4-3-5-11(13)17/h3-9,21H,1-2H3. The van der Waals surface area contributed by atoms with Crippen LogP contribution in [0.15, 0.2) is 42.7 Å². The van der Waals surface area contributed by atoms with Gasteiger partial charge in [0.05, 0.1) is 19.7 Å². The second-order valence-corrected chi connectivity index (χ2v) is 4.68. The van der Waals surface area contributed by atoms with E-state index in [0.29, 0.717) is 27.5 Å². The lowest BCUT2D eigenvalue weighted by Gasteiger charge is -2.18. The number of hydrogen-bond acceptors (Lipinski definition) is 6. The molecule has 1 aromatic heterocycles. The average Bonchev–Trinajstić information content (AvgIpc) is 2.59. The Bertz CT molecular complexity index is 857. The van der Waals surface area contributed by atoms with Crippen LogP contribution in [0.2, 0.25) is 0 Å². The summed E-state index contributed by atoms with van der Waals surface area (Å²) in [5.41, 5.74) is 0.519. The van der Waals surface area contributed by atoms with Gasteiger partial charge in [-0.25, -0.2) is 19.4 Å². The quantitative estimate of drug-likeness (QED) is 0.745. The van der Waals surface area contributed by atoms with Gasteiger partial charge in [-0.05, 0) is 18.2 Å². The molecule has 3 rings (SSSR count). The Morgan fingerprint density at radius 1 is 1.04 bits per heavy atom. The lowest BCUT2D eigenvalue weighted by atomic mass is 10.2. The number of para-hydroxylation sites is 1.